The molecule has 0 saturated carbocycles. The van der Waals surface area contributed by atoms with Crippen molar-refractivity contribution in [3.05, 3.63) is 40.3 Å². The van der Waals surface area contributed by atoms with E-state index >= 15 is 0 Å². The molecule has 2 aromatic rings. The summed E-state index contributed by atoms with van der Waals surface area (Å²) in [5, 5.41) is 6.56. The quantitative estimate of drug-likeness (QED) is 0.735. The second kappa shape index (κ2) is 7.39. The molecule has 20 heavy (non-hydrogen) atoms. The van der Waals surface area contributed by atoms with Crippen LogP contribution in [0.2, 0.25) is 0 Å². The maximum Gasteiger partial charge on any atom is 0.138 e. The lowest BCUT2D eigenvalue weighted by molar-refractivity contribution is -0.118. The molecule has 0 fully saturated rings. The first kappa shape index (κ1) is 15.0. The summed E-state index contributed by atoms with van der Waals surface area (Å²) < 4.78 is 1.95. The van der Waals surface area contributed by atoms with Gasteiger partial charge in [-0.25, -0.2) is 0 Å². The zero-order valence-electron chi connectivity index (χ0n) is 12.2. The molecule has 4 heteroatoms. The van der Waals surface area contributed by atoms with Gasteiger partial charge in [0.2, 0.25) is 0 Å². The van der Waals surface area contributed by atoms with Crippen molar-refractivity contribution in [2.45, 2.75) is 52.0 Å². The second-order valence-corrected chi connectivity index (χ2v) is 6.22. The molecule has 2 rings (SSSR count). The predicted octanol–water partition coefficient (Wildman–Crippen LogP) is 4.05. The molecule has 0 aliphatic carbocycles. The highest BCUT2D eigenvalue weighted by atomic mass is 32.1. The van der Waals surface area contributed by atoms with Crippen molar-refractivity contribution in [2.24, 2.45) is 0 Å². The molecular formula is C16H22N2OS. The average molecular weight is 290 g/mol. The molecule has 2 heterocycles. The minimum atomic E-state index is 0.288. The Morgan fingerprint density at radius 2 is 2.30 bits per heavy atom. The first-order valence-corrected chi connectivity index (χ1v) is 8.15. The monoisotopic (exact) mass is 290 g/mol. The van der Waals surface area contributed by atoms with Gasteiger partial charge in [-0.15, -0.1) is 11.3 Å². The zero-order chi connectivity index (χ0) is 14.4. The second-order valence-electron chi connectivity index (χ2n) is 5.19. The third kappa shape index (κ3) is 4.30. The first-order chi connectivity index (χ1) is 9.69. The molecule has 0 radical (unpaired) electrons. The van der Waals surface area contributed by atoms with Gasteiger partial charge in [0.05, 0.1) is 12.1 Å². The van der Waals surface area contributed by atoms with E-state index in [4.69, 9.17) is 0 Å². The Morgan fingerprint density at radius 1 is 1.45 bits per heavy atom. The summed E-state index contributed by atoms with van der Waals surface area (Å²) in [5.41, 5.74) is 0.895. The summed E-state index contributed by atoms with van der Waals surface area (Å²) in [7, 11) is 0. The fourth-order valence-corrected chi connectivity index (χ4v) is 2.86. The minimum Gasteiger partial charge on any atom is -0.299 e. The lowest BCUT2D eigenvalue weighted by atomic mass is 10.1. The number of hydrogen-bond donors (Lipinski definition) is 0. The maximum absolute atomic E-state index is 11.9. The van der Waals surface area contributed by atoms with Crippen LogP contribution in [0.15, 0.2) is 29.8 Å². The summed E-state index contributed by atoms with van der Waals surface area (Å²) in [6, 6.07) is 6.55. The number of carbonyl (C=O) groups excluding carboxylic acids is 1. The largest absolute Gasteiger partial charge is 0.299 e. The molecule has 2 aromatic heterocycles. The summed E-state index contributed by atoms with van der Waals surface area (Å²) in [6.45, 7) is 4.28. The van der Waals surface area contributed by atoms with Gasteiger partial charge in [0.1, 0.15) is 5.78 Å². The Balaban J connectivity index is 1.75. The van der Waals surface area contributed by atoms with Crippen molar-refractivity contribution in [2.75, 3.05) is 0 Å². The third-order valence-electron chi connectivity index (χ3n) is 3.54. The van der Waals surface area contributed by atoms with Gasteiger partial charge in [-0.3, -0.25) is 9.48 Å². The van der Waals surface area contributed by atoms with Gasteiger partial charge in [0.25, 0.3) is 0 Å². The number of nitrogens with zero attached hydrogens (tertiary/aromatic N) is 2. The predicted molar refractivity (Wildman–Crippen MR) is 83.2 cm³/mol. The number of aromatic nitrogens is 2. The standard InChI is InChI=1S/C16H22N2OS/c1-3-13(2)18-10-9-14(17-18)12-15(19)6-4-7-16-8-5-11-20-16/h5,8-11,13H,3-4,6-7,12H2,1-2H3. The average Bonchev–Trinajstić information content (AvgIpc) is 3.09. The number of Topliss-reactive ketones (excluding diaryl/α,β-unsaturated/α-hetero) is 1. The zero-order valence-corrected chi connectivity index (χ0v) is 13.0. The fourth-order valence-electron chi connectivity index (χ4n) is 2.11. The van der Waals surface area contributed by atoms with Gasteiger partial charge in [0.15, 0.2) is 0 Å². The number of ketones is 1. The lowest BCUT2D eigenvalue weighted by Crippen LogP contribution is -2.07. The van der Waals surface area contributed by atoms with Crippen LogP contribution in [0.3, 0.4) is 0 Å². The van der Waals surface area contributed by atoms with E-state index in [-0.39, 0.29) is 5.78 Å². The molecule has 108 valence electrons. The molecule has 0 aromatic carbocycles. The topological polar surface area (TPSA) is 34.9 Å². The van der Waals surface area contributed by atoms with Gasteiger partial charge >= 0.3 is 0 Å². The Hall–Kier alpha value is -1.42. The summed E-state index contributed by atoms with van der Waals surface area (Å²) in [6.07, 6.45) is 6.08. The highest BCUT2D eigenvalue weighted by Crippen LogP contribution is 2.13. The molecule has 0 amide bonds. The Bertz CT molecular complexity index is 530. The van der Waals surface area contributed by atoms with E-state index in [0.717, 1.165) is 25.0 Å². The van der Waals surface area contributed by atoms with Crippen molar-refractivity contribution in [1.82, 2.24) is 9.78 Å². The van der Waals surface area contributed by atoms with Crippen LogP contribution in [0.1, 0.15) is 49.7 Å². The van der Waals surface area contributed by atoms with E-state index in [0.29, 0.717) is 18.9 Å². The molecule has 0 spiro atoms. The number of thiophene rings is 1. The van der Waals surface area contributed by atoms with E-state index in [2.05, 4.69) is 36.5 Å². The van der Waals surface area contributed by atoms with E-state index in [1.807, 2.05) is 16.9 Å². The van der Waals surface area contributed by atoms with Gasteiger partial charge in [-0.1, -0.05) is 13.0 Å². The van der Waals surface area contributed by atoms with Crippen molar-refractivity contribution in [1.29, 1.82) is 0 Å². The van der Waals surface area contributed by atoms with E-state index in [1.165, 1.54) is 4.88 Å². The molecule has 0 bridgehead atoms. The number of rotatable bonds is 8. The van der Waals surface area contributed by atoms with E-state index < -0.39 is 0 Å². The minimum absolute atomic E-state index is 0.288. The molecule has 0 aliphatic heterocycles. The highest BCUT2D eigenvalue weighted by molar-refractivity contribution is 7.09. The van der Waals surface area contributed by atoms with Crippen LogP contribution >= 0.6 is 11.3 Å². The van der Waals surface area contributed by atoms with Gasteiger partial charge in [-0.2, -0.15) is 5.10 Å². The van der Waals surface area contributed by atoms with Crippen LogP contribution in [0.4, 0.5) is 0 Å². The van der Waals surface area contributed by atoms with Crippen LogP contribution in [-0.2, 0) is 17.6 Å². The molecule has 0 aliphatic rings. The van der Waals surface area contributed by atoms with Gasteiger partial charge < -0.3 is 0 Å². The SMILES string of the molecule is CCC(C)n1ccc(CC(=O)CCCc2cccs2)n1. The summed E-state index contributed by atoms with van der Waals surface area (Å²) >= 11 is 1.76. The van der Waals surface area contributed by atoms with Crippen molar-refractivity contribution in [3.63, 3.8) is 0 Å². The Labute approximate surface area is 124 Å². The van der Waals surface area contributed by atoms with Crippen LogP contribution in [0.5, 0.6) is 0 Å². The van der Waals surface area contributed by atoms with Crippen molar-refractivity contribution >= 4 is 17.1 Å². The summed E-state index contributed by atoms with van der Waals surface area (Å²) in [4.78, 5) is 13.3. The molecule has 0 N–H and O–H groups in total. The van der Waals surface area contributed by atoms with E-state index in [9.17, 15) is 4.79 Å². The Kier molecular flexibility index (Phi) is 5.53. The smallest absolute Gasteiger partial charge is 0.138 e. The molecule has 1 unspecified atom stereocenters. The van der Waals surface area contributed by atoms with Crippen LogP contribution in [-0.4, -0.2) is 15.6 Å². The van der Waals surface area contributed by atoms with Crippen LogP contribution in [0.25, 0.3) is 0 Å². The highest BCUT2D eigenvalue weighted by Gasteiger charge is 2.09. The number of aryl methyl sites for hydroxylation is 1. The number of carbonyl (C=O) groups is 1. The van der Waals surface area contributed by atoms with Crippen LogP contribution in [0, 0.1) is 0 Å². The van der Waals surface area contributed by atoms with Crippen molar-refractivity contribution < 1.29 is 4.79 Å². The molecule has 0 saturated heterocycles. The van der Waals surface area contributed by atoms with Gasteiger partial charge in [-0.05, 0) is 43.7 Å². The van der Waals surface area contributed by atoms with E-state index in [1.54, 1.807) is 11.3 Å². The Morgan fingerprint density at radius 3 is 3.00 bits per heavy atom. The fraction of sp³-hybridized carbons (Fsp3) is 0.500. The molecule has 3 nitrogen and oxygen atoms in total. The summed E-state index contributed by atoms with van der Waals surface area (Å²) in [5.74, 6) is 0.288. The van der Waals surface area contributed by atoms with Gasteiger partial charge in [0, 0.05) is 23.5 Å². The van der Waals surface area contributed by atoms with Crippen molar-refractivity contribution in [3.8, 4) is 0 Å². The maximum atomic E-state index is 11.9. The lowest BCUT2D eigenvalue weighted by Gasteiger charge is -2.07. The first-order valence-electron chi connectivity index (χ1n) is 7.27. The van der Waals surface area contributed by atoms with Crippen LogP contribution < -0.4 is 0 Å². The molecular weight excluding hydrogens is 268 g/mol. The number of hydrogen-bond acceptors (Lipinski definition) is 3. The molecule has 1 atom stereocenters. The normalized spacial score (nSPS) is 12.5. The third-order valence-corrected chi connectivity index (χ3v) is 4.48.